The minimum absolute atomic E-state index is 0.161. The summed E-state index contributed by atoms with van der Waals surface area (Å²) in [4.78, 5) is 8.79. The van der Waals surface area contributed by atoms with Gasteiger partial charge in [0, 0.05) is 25.7 Å². The Hall–Kier alpha value is -2.65. The van der Waals surface area contributed by atoms with Gasteiger partial charge in [0.25, 0.3) is 0 Å². The van der Waals surface area contributed by atoms with Gasteiger partial charge >= 0.3 is 0 Å². The molecule has 6 nitrogen and oxygen atoms in total. The summed E-state index contributed by atoms with van der Waals surface area (Å²) >= 11 is 0. The van der Waals surface area contributed by atoms with E-state index in [2.05, 4.69) is 15.3 Å². The molecular weight excluding hydrogens is 386 g/mol. The first-order valence-electron chi connectivity index (χ1n) is 8.79. The fourth-order valence-corrected chi connectivity index (χ4v) is 4.33. The lowest BCUT2D eigenvalue weighted by Crippen LogP contribution is -2.30. The second-order valence-electron chi connectivity index (χ2n) is 6.13. The van der Waals surface area contributed by atoms with E-state index in [9.17, 15) is 17.2 Å². The summed E-state index contributed by atoms with van der Waals surface area (Å²) in [6, 6.07) is 7.84. The van der Waals surface area contributed by atoms with Gasteiger partial charge in [0.05, 0.1) is 22.1 Å². The van der Waals surface area contributed by atoms with Gasteiger partial charge in [-0.2, -0.15) is 4.31 Å². The highest BCUT2D eigenvalue weighted by atomic mass is 32.2. The molecule has 0 aliphatic rings. The molecule has 0 aliphatic heterocycles. The van der Waals surface area contributed by atoms with Crippen LogP contribution in [0.3, 0.4) is 0 Å². The number of nitrogens with one attached hydrogen (secondary N) is 1. The Morgan fingerprint density at radius 1 is 1.00 bits per heavy atom. The predicted molar refractivity (Wildman–Crippen MR) is 103 cm³/mol. The van der Waals surface area contributed by atoms with Crippen molar-refractivity contribution >= 4 is 26.9 Å². The number of hydrogen-bond donors (Lipinski definition) is 1. The van der Waals surface area contributed by atoms with Crippen LogP contribution in [0.1, 0.15) is 19.4 Å². The summed E-state index contributed by atoms with van der Waals surface area (Å²) in [5.74, 6) is -0.886. The van der Waals surface area contributed by atoms with Crippen molar-refractivity contribution in [2.45, 2.75) is 25.3 Å². The summed E-state index contributed by atoms with van der Waals surface area (Å²) in [5, 5.41) is 2.96. The minimum atomic E-state index is -3.58. The first-order chi connectivity index (χ1) is 13.3. The Morgan fingerprint density at radius 2 is 1.68 bits per heavy atom. The smallest absolute Gasteiger partial charge is 0.243 e. The third-order valence-electron chi connectivity index (χ3n) is 4.25. The van der Waals surface area contributed by atoms with Crippen molar-refractivity contribution < 1.29 is 17.2 Å². The Balaban J connectivity index is 1.83. The van der Waals surface area contributed by atoms with E-state index >= 15 is 0 Å². The quantitative estimate of drug-likeness (QED) is 0.650. The molecule has 0 saturated heterocycles. The Morgan fingerprint density at radius 3 is 2.32 bits per heavy atom. The Labute approximate surface area is 162 Å². The molecule has 1 aromatic heterocycles. The summed E-state index contributed by atoms with van der Waals surface area (Å²) in [7, 11) is -3.58. The van der Waals surface area contributed by atoms with Crippen molar-refractivity contribution in [2.24, 2.45) is 0 Å². The van der Waals surface area contributed by atoms with E-state index in [0.717, 1.165) is 6.07 Å². The van der Waals surface area contributed by atoms with Crippen molar-refractivity contribution in [1.29, 1.82) is 0 Å². The van der Waals surface area contributed by atoms with Crippen molar-refractivity contribution in [1.82, 2.24) is 14.3 Å². The van der Waals surface area contributed by atoms with Crippen LogP contribution in [0.15, 0.2) is 47.5 Å². The van der Waals surface area contributed by atoms with Gasteiger partial charge in [-0.15, -0.1) is 0 Å². The van der Waals surface area contributed by atoms with Gasteiger partial charge in [-0.1, -0.05) is 13.8 Å². The molecule has 0 radical (unpaired) electrons. The molecule has 0 unspecified atom stereocenters. The molecule has 1 heterocycles. The van der Waals surface area contributed by atoms with Crippen LogP contribution in [0.25, 0.3) is 11.0 Å². The molecule has 0 amide bonds. The van der Waals surface area contributed by atoms with Gasteiger partial charge in [0.1, 0.15) is 17.5 Å². The number of sulfonamides is 1. The topological polar surface area (TPSA) is 75.2 Å². The Bertz CT molecular complexity index is 1080. The van der Waals surface area contributed by atoms with E-state index in [1.807, 2.05) is 0 Å². The van der Waals surface area contributed by atoms with E-state index < -0.39 is 21.7 Å². The number of nitrogens with zero attached hydrogens (tertiary/aromatic N) is 3. The molecule has 28 heavy (non-hydrogen) atoms. The molecule has 1 N–H and O–H groups in total. The lowest BCUT2D eigenvalue weighted by Gasteiger charge is -2.18. The van der Waals surface area contributed by atoms with Crippen LogP contribution in [0, 0.1) is 11.6 Å². The van der Waals surface area contributed by atoms with Crippen LogP contribution in [-0.4, -0.2) is 35.8 Å². The first kappa shape index (κ1) is 20.1. The molecule has 148 valence electrons. The molecule has 0 atom stereocenters. The van der Waals surface area contributed by atoms with E-state index in [1.54, 1.807) is 19.9 Å². The lowest BCUT2D eigenvalue weighted by molar-refractivity contribution is 0.445. The highest BCUT2D eigenvalue weighted by molar-refractivity contribution is 7.89. The molecule has 2 aromatic carbocycles. The molecule has 3 rings (SSSR count). The number of hydrogen-bond acceptors (Lipinski definition) is 5. The first-order valence-corrected chi connectivity index (χ1v) is 10.2. The van der Waals surface area contributed by atoms with E-state index in [-0.39, 0.29) is 11.4 Å². The molecule has 0 saturated carbocycles. The summed E-state index contributed by atoms with van der Waals surface area (Å²) in [5.41, 5.74) is 1.38. The van der Waals surface area contributed by atoms with Gasteiger partial charge < -0.3 is 5.32 Å². The van der Waals surface area contributed by atoms with Gasteiger partial charge in [-0.05, 0) is 35.9 Å². The second-order valence-corrected chi connectivity index (χ2v) is 8.06. The molecule has 0 bridgehead atoms. The van der Waals surface area contributed by atoms with E-state index in [1.165, 1.54) is 34.8 Å². The zero-order valence-electron chi connectivity index (χ0n) is 15.5. The van der Waals surface area contributed by atoms with Gasteiger partial charge in [-0.25, -0.2) is 22.2 Å². The standard InChI is InChI=1S/C19H20F2N4O2S/c1-3-25(4-2)28(26,27)16-5-6-17-18(10-16)22-12-19(24-17)23-11-13-7-14(20)9-15(21)8-13/h5-10,12H,3-4,11H2,1-2H3,(H,23,24). The van der Waals surface area contributed by atoms with Crippen LogP contribution >= 0.6 is 0 Å². The third kappa shape index (κ3) is 4.26. The van der Waals surface area contributed by atoms with Crippen LogP contribution in [-0.2, 0) is 16.6 Å². The van der Waals surface area contributed by atoms with Crippen LogP contribution in [0.5, 0.6) is 0 Å². The maximum absolute atomic E-state index is 13.3. The predicted octanol–water partition coefficient (Wildman–Crippen LogP) is 3.55. The average molecular weight is 406 g/mol. The van der Waals surface area contributed by atoms with Crippen molar-refractivity contribution in [3.63, 3.8) is 0 Å². The van der Waals surface area contributed by atoms with Gasteiger partial charge in [-0.3, -0.25) is 4.98 Å². The highest BCUT2D eigenvalue weighted by Crippen LogP contribution is 2.21. The number of aromatic nitrogens is 2. The fraction of sp³-hybridized carbons (Fsp3) is 0.263. The van der Waals surface area contributed by atoms with Crippen LogP contribution < -0.4 is 5.32 Å². The van der Waals surface area contributed by atoms with E-state index in [0.29, 0.717) is 35.5 Å². The number of rotatable bonds is 7. The maximum atomic E-state index is 13.3. The molecule has 0 aliphatic carbocycles. The SMILES string of the molecule is CCN(CC)S(=O)(=O)c1ccc2nc(NCc3cc(F)cc(F)c3)cnc2c1. The number of fused-ring (bicyclic) bond motifs is 1. The Kier molecular flexibility index (Phi) is 5.85. The largest absolute Gasteiger partial charge is 0.365 e. The number of halogens is 2. The summed E-state index contributed by atoms with van der Waals surface area (Å²) in [6.45, 7) is 4.50. The normalized spacial score (nSPS) is 11.9. The molecule has 0 spiro atoms. The fourth-order valence-electron chi connectivity index (χ4n) is 2.85. The van der Waals surface area contributed by atoms with Crippen molar-refractivity contribution in [3.05, 3.63) is 59.8 Å². The molecular formula is C19H20F2N4O2S. The number of benzene rings is 2. The van der Waals surface area contributed by atoms with Crippen molar-refractivity contribution in [3.8, 4) is 0 Å². The van der Waals surface area contributed by atoms with Gasteiger partial charge in [0.2, 0.25) is 10.0 Å². The zero-order valence-corrected chi connectivity index (χ0v) is 16.3. The maximum Gasteiger partial charge on any atom is 0.243 e. The summed E-state index contributed by atoms with van der Waals surface area (Å²) in [6.07, 6.45) is 1.45. The molecule has 9 heteroatoms. The van der Waals surface area contributed by atoms with Gasteiger partial charge in [0.15, 0.2) is 0 Å². The molecule has 0 fully saturated rings. The van der Waals surface area contributed by atoms with E-state index in [4.69, 9.17) is 0 Å². The second kappa shape index (κ2) is 8.15. The zero-order chi connectivity index (χ0) is 20.3. The van der Waals surface area contributed by atoms with Crippen LogP contribution in [0.4, 0.5) is 14.6 Å². The molecule has 3 aromatic rings. The lowest BCUT2D eigenvalue weighted by atomic mass is 10.2. The van der Waals surface area contributed by atoms with Crippen molar-refractivity contribution in [2.75, 3.05) is 18.4 Å². The number of anilines is 1. The highest BCUT2D eigenvalue weighted by Gasteiger charge is 2.22. The summed E-state index contributed by atoms with van der Waals surface area (Å²) < 4.78 is 53.1. The minimum Gasteiger partial charge on any atom is -0.365 e. The van der Waals surface area contributed by atoms with Crippen LogP contribution in [0.2, 0.25) is 0 Å². The monoisotopic (exact) mass is 406 g/mol. The third-order valence-corrected chi connectivity index (χ3v) is 6.30. The average Bonchev–Trinajstić information content (AvgIpc) is 2.66.